The molecule has 4 N–H and O–H groups in total. The molecule has 0 heterocycles. The van der Waals surface area contributed by atoms with Crippen molar-refractivity contribution in [3.63, 3.8) is 0 Å². The van der Waals surface area contributed by atoms with E-state index in [9.17, 15) is 4.79 Å². The monoisotopic (exact) mass is 297 g/mol. The lowest BCUT2D eigenvalue weighted by atomic mass is 9.91. The third kappa shape index (κ3) is 4.09. The number of rotatable bonds is 5. The Morgan fingerprint density at radius 1 is 1.14 bits per heavy atom. The maximum atomic E-state index is 12.4. The molecule has 0 bridgehead atoms. The minimum absolute atomic E-state index is 0.231. The van der Waals surface area contributed by atoms with Crippen LogP contribution in [0.15, 0.2) is 59.6 Å². The molecule has 5 nitrogen and oxygen atoms in total. The molecule has 0 fully saturated rings. The summed E-state index contributed by atoms with van der Waals surface area (Å²) in [6.07, 6.45) is 0.517. The number of ether oxygens (including phenoxy) is 1. The Morgan fingerprint density at radius 3 is 2.50 bits per heavy atom. The normalized spacial score (nSPS) is 11.5. The smallest absolute Gasteiger partial charge is 0.256 e. The van der Waals surface area contributed by atoms with Crippen molar-refractivity contribution in [1.82, 2.24) is 0 Å². The van der Waals surface area contributed by atoms with Crippen molar-refractivity contribution < 1.29 is 9.53 Å². The van der Waals surface area contributed by atoms with Crippen molar-refractivity contribution in [1.29, 1.82) is 0 Å². The molecule has 2 aromatic rings. The molecule has 22 heavy (non-hydrogen) atoms. The van der Waals surface area contributed by atoms with E-state index in [0.29, 0.717) is 12.2 Å². The van der Waals surface area contributed by atoms with Crippen LogP contribution in [0.3, 0.4) is 0 Å². The predicted octanol–water partition coefficient (Wildman–Crippen LogP) is 1.82. The molecule has 0 aliphatic rings. The molecule has 0 radical (unpaired) electrons. The number of hydrogen-bond donors (Lipinski definition) is 2. The first-order valence-electron chi connectivity index (χ1n) is 6.91. The molecular formula is C17H19N3O2. The Bertz CT molecular complexity index is 665. The number of methoxy groups -OCH3 is 1. The van der Waals surface area contributed by atoms with E-state index >= 15 is 0 Å². The third-order valence-corrected chi connectivity index (χ3v) is 3.32. The van der Waals surface area contributed by atoms with Gasteiger partial charge in [-0.1, -0.05) is 42.5 Å². The highest BCUT2D eigenvalue weighted by Gasteiger charge is 2.21. The summed E-state index contributed by atoms with van der Waals surface area (Å²) in [5.41, 5.74) is 12.5. The van der Waals surface area contributed by atoms with Gasteiger partial charge in [0.2, 0.25) is 0 Å². The van der Waals surface area contributed by atoms with Gasteiger partial charge in [-0.25, -0.2) is 0 Å². The van der Waals surface area contributed by atoms with E-state index in [-0.39, 0.29) is 11.9 Å². The van der Waals surface area contributed by atoms with Crippen molar-refractivity contribution >= 4 is 11.9 Å². The van der Waals surface area contributed by atoms with Gasteiger partial charge < -0.3 is 16.2 Å². The lowest BCUT2D eigenvalue weighted by Crippen LogP contribution is -2.26. The Kier molecular flexibility index (Phi) is 5.14. The first-order valence-corrected chi connectivity index (χ1v) is 6.91. The summed E-state index contributed by atoms with van der Waals surface area (Å²) < 4.78 is 5.22. The van der Waals surface area contributed by atoms with Crippen LogP contribution in [0.5, 0.6) is 5.75 Å². The molecule has 2 rings (SSSR count). The Morgan fingerprint density at radius 2 is 1.86 bits per heavy atom. The van der Waals surface area contributed by atoms with Gasteiger partial charge in [-0.3, -0.25) is 4.79 Å². The zero-order chi connectivity index (χ0) is 15.9. The number of nitrogens with zero attached hydrogens (tertiary/aromatic N) is 1. The van der Waals surface area contributed by atoms with Crippen molar-refractivity contribution in [3.8, 4) is 5.75 Å². The SMILES string of the molecule is COc1cccc([C@H](Cc2ccccc2)C(=O)N=C(N)N)c1. The van der Waals surface area contributed by atoms with Gasteiger partial charge in [0.15, 0.2) is 5.96 Å². The molecule has 0 unspecified atom stereocenters. The van der Waals surface area contributed by atoms with Crippen molar-refractivity contribution in [2.45, 2.75) is 12.3 Å². The number of amides is 1. The van der Waals surface area contributed by atoms with Gasteiger partial charge in [-0.15, -0.1) is 0 Å². The molecule has 0 aliphatic heterocycles. The number of carbonyl (C=O) groups is 1. The van der Waals surface area contributed by atoms with E-state index in [1.54, 1.807) is 7.11 Å². The molecular weight excluding hydrogens is 278 g/mol. The molecule has 114 valence electrons. The fraction of sp³-hybridized carbons (Fsp3) is 0.176. The van der Waals surface area contributed by atoms with Gasteiger partial charge >= 0.3 is 0 Å². The summed E-state index contributed by atoms with van der Waals surface area (Å²) in [6.45, 7) is 0. The van der Waals surface area contributed by atoms with Crippen LogP contribution in [0.25, 0.3) is 0 Å². The largest absolute Gasteiger partial charge is 0.497 e. The lowest BCUT2D eigenvalue weighted by molar-refractivity contribution is -0.119. The summed E-state index contributed by atoms with van der Waals surface area (Å²) in [7, 11) is 1.59. The maximum absolute atomic E-state index is 12.4. The fourth-order valence-electron chi connectivity index (χ4n) is 2.26. The van der Waals surface area contributed by atoms with Crippen LogP contribution in [0.4, 0.5) is 0 Å². The molecule has 1 amide bonds. The molecule has 0 saturated carbocycles. The van der Waals surface area contributed by atoms with Crippen LogP contribution in [-0.2, 0) is 11.2 Å². The van der Waals surface area contributed by atoms with Gasteiger partial charge in [-0.05, 0) is 29.7 Å². The fourth-order valence-corrected chi connectivity index (χ4v) is 2.26. The zero-order valence-electron chi connectivity index (χ0n) is 12.4. The van der Waals surface area contributed by atoms with E-state index < -0.39 is 5.92 Å². The standard InChI is InChI=1S/C17H19N3O2/c1-22-14-9-5-8-13(11-14)15(16(21)20-17(18)19)10-12-6-3-2-4-7-12/h2-9,11,15H,10H2,1H3,(H4,18,19,20,21)/t15-/m0/s1. The quantitative estimate of drug-likeness (QED) is 0.650. The topological polar surface area (TPSA) is 90.7 Å². The number of carbonyl (C=O) groups excluding carboxylic acids is 1. The van der Waals surface area contributed by atoms with Crippen LogP contribution >= 0.6 is 0 Å². The molecule has 0 saturated heterocycles. The van der Waals surface area contributed by atoms with Crippen LogP contribution in [0, 0.1) is 0 Å². The molecule has 5 heteroatoms. The van der Waals surface area contributed by atoms with Crippen molar-refractivity contribution in [2.75, 3.05) is 7.11 Å². The van der Waals surface area contributed by atoms with E-state index in [1.165, 1.54) is 0 Å². The van der Waals surface area contributed by atoms with Gasteiger partial charge in [0.05, 0.1) is 13.0 Å². The van der Waals surface area contributed by atoms with Crippen LogP contribution in [0.2, 0.25) is 0 Å². The summed E-state index contributed by atoms with van der Waals surface area (Å²) in [4.78, 5) is 16.1. The highest BCUT2D eigenvalue weighted by molar-refractivity contribution is 5.95. The summed E-state index contributed by atoms with van der Waals surface area (Å²) in [5, 5.41) is 0. The van der Waals surface area contributed by atoms with E-state index in [1.807, 2.05) is 54.6 Å². The molecule has 0 aromatic heterocycles. The Hall–Kier alpha value is -2.82. The number of nitrogens with two attached hydrogens (primary N) is 2. The summed E-state index contributed by atoms with van der Waals surface area (Å²) in [6, 6.07) is 17.1. The number of guanidine groups is 1. The minimum atomic E-state index is -0.459. The second-order valence-electron chi connectivity index (χ2n) is 4.89. The van der Waals surface area contributed by atoms with Gasteiger partial charge in [0.1, 0.15) is 5.75 Å². The average Bonchev–Trinajstić information content (AvgIpc) is 2.53. The highest BCUT2D eigenvalue weighted by atomic mass is 16.5. The highest BCUT2D eigenvalue weighted by Crippen LogP contribution is 2.25. The zero-order valence-corrected chi connectivity index (χ0v) is 12.4. The average molecular weight is 297 g/mol. The van der Waals surface area contributed by atoms with E-state index in [2.05, 4.69) is 4.99 Å². The third-order valence-electron chi connectivity index (χ3n) is 3.32. The second-order valence-corrected chi connectivity index (χ2v) is 4.89. The van der Waals surface area contributed by atoms with Crippen LogP contribution in [0.1, 0.15) is 17.0 Å². The van der Waals surface area contributed by atoms with Crippen LogP contribution in [-0.4, -0.2) is 19.0 Å². The second kappa shape index (κ2) is 7.26. The number of hydrogen-bond acceptors (Lipinski definition) is 2. The van der Waals surface area contributed by atoms with Gasteiger partial charge in [-0.2, -0.15) is 4.99 Å². The minimum Gasteiger partial charge on any atom is -0.497 e. The maximum Gasteiger partial charge on any atom is 0.256 e. The first kappa shape index (κ1) is 15.6. The number of benzene rings is 2. The Balaban J connectivity index is 2.36. The molecule has 1 atom stereocenters. The molecule has 0 aliphatic carbocycles. The number of aliphatic imine (C=N–C) groups is 1. The summed E-state index contributed by atoms with van der Waals surface area (Å²) in [5.74, 6) is -0.365. The first-order chi connectivity index (χ1) is 10.6. The lowest BCUT2D eigenvalue weighted by Gasteiger charge is -2.15. The predicted molar refractivity (Wildman–Crippen MR) is 86.7 cm³/mol. The van der Waals surface area contributed by atoms with Gasteiger partial charge in [0, 0.05) is 0 Å². The van der Waals surface area contributed by atoms with Crippen LogP contribution < -0.4 is 16.2 Å². The Labute approximate surface area is 129 Å². The summed E-state index contributed by atoms with van der Waals surface area (Å²) >= 11 is 0. The van der Waals surface area contributed by atoms with Crippen molar-refractivity contribution in [2.24, 2.45) is 16.5 Å². The molecule has 0 spiro atoms. The van der Waals surface area contributed by atoms with Gasteiger partial charge in [0.25, 0.3) is 5.91 Å². The molecule has 2 aromatic carbocycles. The van der Waals surface area contributed by atoms with E-state index in [0.717, 1.165) is 11.1 Å². The van der Waals surface area contributed by atoms with E-state index in [4.69, 9.17) is 16.2 Å². The van der Waals surface area contributed by atoms with Crippen molar-refractivity contribution in [3.05, 3.63) is 65.7 Å².